The summed E-state index contributed by atoms with van der Waals surface area (Å²) < 4.78 is 5.65. The maximum absolute atomic E-state index is 13.7. The van der Waals surface area contributed by atoms with Crippen LogP contribution in [-0.2, 0) is 14.3 Å². The van der Waals surface area contributed by atoms with Crippen molar-refractivity contribution in [1.29, 1.82) is 0 Å². The highest BCUT2D eigenvalue weighted by Gasteiger charge is 2.69. The van der Waals surface area contributed by atoms with Crippen LogP contribution in [0.25, 0.3) is 0 Å². The molecule has 2 bridgehead atoms. The number of rotatable bonds is 2. The fraction of sp³-hybridized carbons (Fsp3) is 0.826. The van der Waals surface area contributed by atoms with Crippen LogP contribution in [0.3, 0.4) is 0 Å². The Morgan fingerprint density at radius 3 is 2.50 bits per heavy atom. The maximum Gasteiger partial charge on any atom is 0.207 e. The zero-order valence-corrected chi connectivity index (χ0v) is 17.5. The molecule has 4 fully saturated rings. The van der Waals surface area contributed by atoms with Crippen LogP contribution in [0.2, 0.25) is 0 Å². The number of carbonyl (C=O) groups is 2. The van der Waals surface area contributed by atoms with Crippen molar-refractivity contribution in [3.8, 4) is 0 Å². The minimum absolute atomic E-state index is 0.0160. The number of hydrogen-bond acceptors (Lipinski definition) is 5. The Balaban J connectivity index is 1.90. The first kappa shape index (κ1) is 20.2. The van der Waals surface area contributed by atoms with E-state index < -0.39 is 40.0 Å². The van der Waals surface area contributed by atoms with Gasteiger partial charge in [-0.3, -0.25) is 9.59 Å². The summed E-state index contributed by atoms with van der Waals surface area (Å²) in [5.74, 6) is -1.66. The molecule has 3 aliphatic carbocycles. The van der Waals surface area contributed by atoms with Gasteiger partial charge in [0.15, 0.2) is 0 Å². The Bertz CT molecular complexity index is 718. The summed E-state index contributed by atoms with van der Waals surface area (Å²) in [4.78, 5) is 27.3. The molecular weight excluding hydrogens is 356 g/mol. The van der Waals surface area contributed by atoms with Crippen LogP contribution < -0.4 is 0 Å². The smallest absolute Gasteiger partial charge is 0.207 e. The summed E-state index contributed by atoms with van der Waals surface area (Å²) in [5.41, 5.74) is -2.91. The summed E-state index contributed by atoms with van der Waals surface area (Å²) in [7, 11) is 0. The lowest BCUT2D eigenvalue weighted by Crippen LogP contribution is -2.70. The molecule has 0 amide bonds. The van der Waals surface area contributed by atoms with Crippen molar-refractivity contribution < 1.29 is 24.5 Å². The van der Waals surface area contributed by atoms with E-state index in [1.54, 1.807) is 6.92 Å². The molecule has 1 aliphatic heterocycles. The first-order chi connectivity index (χ1) is 13.0. The van der Waals surface area contributed by atoms with E-state index in [0.717, 1.165) is 0 Å². The standard InChI is InChI=1S/C23H34O5/c1-6-13-9-23(27)10-15-14-11-28-16(14)8-17(24)22(15,5)20(26)19(25)18(12(13)3)21(23,4)7-2/h6,12-18,24,27H,1,7-11H2,2-5H3. The fourth-order valence-corrected chi connectivity index (χ4v) is 7.19. The molecule has 10 unspecified atom stereocenters. The van der Waals surface area contributed by atoms with E-state index in [0.29, 0.717) is 32.3 Å². The molecule has 1 saturated heterocycles. The lowest BCUT2D eigenvalue weighted by atomic mass is 9.42. The quantitative estimate of drug-likeness (QED) is 0.559. The maximum atomic E-state index is 13.7. The summed E-state index contributed by atoms with van der Waals surface area (Å²) in [6.45, 7) is 12.2. The third-order valence-electron chi connectivity index (χ3n) is 9.53. The van der Waals surface area contributed by atoms with Gasteiger partial charge >= 0.3 is 0 Å². The summed E-state index contributed by atoms with van der Waals surface area (Å²) in [5, 5.41) is 23.0. The minimum Gasteiger partial charge on any atom is -0.392 e. The van der Waals surface area contributed by atoms with Crippen molar-refractivity contribution in [3.63, 3.8) is 0 Å². The van der Waals surface area contributed by atoms with E-state index in [9.17, 15) is 19.8 Å². The number of hydrogen-bond donors (Lipinski definition) is 2. The first-order valence-electron chi connectivity index (χ1n) is 10.8. The van der Waals surface area contributed by atoms with E-state index in [1.165, 1.54) is 0 Å². The van der Waals surface area contributed by atoms with Crippen molar-refractivity contribution in [1.82, 2.24) is 0 Å². The molecule has 1 heterocycles. The number of carbonyl (C=O) groups excluding carboxylic acids is 2. The molecular formula is C23H34O5. The zero-order chi connectivity index (χ0) is 20.6. The summed E-state index contributed by atoms with van der Waals surface area (Å²) in [6, 6.07) is 0. The molecule has 4 aliphatic rings. The van der Waals surface area contributed by atoms with Gasteiger partial charge in [0.05, 0.1) is 29.8 Å². The van der Waals surface area contributed by atoms with Gasteiger partial charge in [-0.2, -0.15) is 0 Å². The van der Waals surface area contributed by atoms with E-state index in [1.807, 2.05) is 26.8 Å². The number of allylic oxidation sites excluding steroid dienone is 1. The molecule has 0 aromatic heterocycles. The predicted molar refractivity (Wildman–Crippen MR) is 104 cm³/mol. The van der Waals surface area contributed by atoms with Crippen molar-refractivity contribution in [2.24, 2.45) is 40.4 Å². The van der Waals surface area contributed by atoms with Gasteiger partial charge in [-0.25, -0.2) is 0 Å². The first-order valence-corrected chi connectivity index (χ1v) is 10.8. The average molecular weight is 391 g/mol. The molecule has 5 heteroatoms. The van der Waals surface area contributed by atoms with Crippen LogP contribution in [0.5, 0.6) is 0 Å². The number of ketones is 2. The molecule has 4 rings (SSSR count). The van der Waals surface area contributed by atoms with E-state index in [-0.39, 0.29) is 29.8 Å². The second kappa shape index (κ2) is 6.23. The number of ether oxygens (including phenoxy) is 1. The highest BCUT2D eigenvalue weighted by molar-refractivity contribution is 6.40. The Labute approximate surface area is 167 Å². The van der Waals surface area contributed by atoms with Crippen LogP contribution >= 0.6 is 0 Å². The topological polar surface area (TPSA) is 83.8 Å². The highest BCUT2D eigenvalue weighted by Crippen LogP contribution is 2.63. The number of aliphatic hydroxyl groups is 2. The predicted octanol–water partition coefficient (Wildman–Crippen LogP) is 2.54. The number of fused-ring (bicyclic) bond motifs is 5. The van der Waals surface area contributed by atoms with Gasteiger partial charge in [0.25, 0.3) is 0 Å². The third kappa shape index (κ3) is 2.24. The van der Waals surface area contributed by atoms with Gasteiger partial charge in [-0.15, -0.1) is 6.58 Å². The highest BCUT2D eigenvalue weighted by atomic mass is 16.5. The van der Waals surface area contributed by atoms with Gasteiger partial charge in [-0.05, 0) is 43.9 Å². The second-order valence-corrected chi connectivity index (χ2v) is 10.3. The van der Waals surface area contributed by atoms with Crippen LogP contribution in [-0.4, -0.2) is 46.2 Å². The van der Waals surface area contributed by atoms with Crippen LogP contribution in [0, 0.1) is 40.4 Å². The fourth-order valence-electron chi connectivity index (χ4n) is 7.19. The van der Waals surface area contributed by atoms with Gasteiger partial charge in [0.2, 0.25) is 11.6 Å². The minimum atomic E-state index is -1.15. The lowest BCUT2D eigenvalue weighted by Gasteiger charge is -2.64. The molecule has 10 atom stereocenters. The number of Topliss-reactive ketones (excluding diaryl/α,β-unsaturated/α-hetero) is 2. The molecule has 28 heavy (non-hydrogen) atoms. The van der Waals surface area contributed by atoms with Gasteiger partial charge in [0, 0.05) is 23.7 Å². The second-order valence-electron chi connectivity index (χ2n) is 10.3. The van der Waals surface area contributed by atoms with Gasteiger partial charge < -0.3 is 14.9 Å². The van der Waals surface area contributed by atoms with Gasteiger partial charge in [0.1, 0.15) is 0 Å². The van der Waals surface area contributed by atoms with Crippen molar-refractivity contribution in [3.05, 3.63) is 12.7 Å². The lowest BCUT2D eigenvalue weighted by molar-refractivity contribution is -0.252. The van der Waals surface area contributed by atoms with Crippen LogP contribution in [0.15, 0.2) is 12.7 Å². The average Bonchev–Trinajstić information content (AvgIpc) is 2.64. The molecule has 0 aromatic rings. The third-order valence-corrected chi connectivity index (χ3v) is 9.53. The molecule has 3 saturated carbocycles. The molecule has 0 radical (unpaired) electrons. The molecule has 0 aromatic carbocycles. The number of aliphatic hydroxyl groups excluding tert-OH is 1. The normalized spacial score (nSPS) is 56.0. The Morgan fingerprint density at radius 1 is 1.29 bits per heavy atom. The Hall–Kier alpha value is -1.04. The van der Waals surface area contributed by atoms with Crippen LogP contribution in [0.4, 0.5) is 0 Å². The van der Waals surface area contributed by atoms with E-state index in [4.69, 9.17) is 4.74 Å². The van der Waals surface area contributed by atoms with Crippen molar-refractivity contribution in [2.75, 3.05) is 6.61 Å². The molecule has 0 spiro atoms. The van der Waals surface area contributed by atoms with Crippen LogP contribution in [0.1, 0.15) is 53.4 Å². The molecule has 156 valence electrons. The summed E-state index contributed by atoms with van der Waals surface area (Å²) >= 11 is 0. The monoisotopic (exact) mass is 390 g/mol. The van der Waals surface area contributed by atoms with Crippen molar-refractivity contribution >= 4 is 11.6 Å². The largest absolute Gasteiger partial charge is 0.392 e. The Kier molecular flexibility index (Phi) is 4.50. The molecule has 5 nitrogen and oxygen atoms in total. The van der Waals surface area contributed by atoms with E-state index >= 15 is 0 Å². The van der Waals surface area contributed by atoms with E-state index in [2.05, 4.69) is 6.58 Å². The van der Waals surface area contributed by atoms with Gasteiger partial charge in [-0.1, -0.05) is 26.8 Å². The Morgan fingerprint density at radius 2 is 1.96 bits per heavy atom. The summed E-state index contributed by atoms with van der Waals surface area (Å²) in [6.07, 6.45) is 2.80. The molecule has 2 N–H and O–H groups in total. The SMILES string of the molecule is C=CC1CC2(O)CC3C4COC4CC(O)C3(C)C(=O)C(=O)C(C1C)C2(C)CC. The van der Waals surface area contributed by atoms with Crippen molar-refractivity contribution in [2.45, 2.75) is 71.2 Å². The zero-order valence-electron chi connectivity index (χ0n) is 17.5.